The molecule has 2 N–H and O–H groups in total. The van der Waals surface area contributed by atoms with Gasteiger partial charge >= 0.3 is 6.09 Å². The topological polar surface area (TPSA) is 80.3 Å². The molecule has 1 rings (SSSR count). The van der Waals surface area contributed by atoms with Crippen molar-refractivity contribution in [3.63, 3.8) is 0 Å². The van der Waals surface area contributed by atoms with Crippen LogP contribution in [0.4, 0.5) is 4.79 Å². The van der Waals surface area contributed by atoms with Gasteiger partial charge in [0, 0.05) is 5.56 Å². The van der Waals surface area contributed by atoms with Gasteiger partial charge in [-0.3, -0.25) is 4.79 Å². The fourth-order valence-electron chi connectivity index (χ4n) is 0.967. The second kappa shape index (κ2) is 6.27. The summed E-state index contributed by atoms with van der Waals surface area (Å²) >= 11 is 11.3. The maximum absolute atomic E-state index is 11.6. The predicted octanol–water partition coefficient (Wildman–Crippen LogP) is 1.43. The minimum atomic E-state index is -0.643. The zero-order valence-electron chi connectivity index (χ0n) is 8.79. The molecule has 0 saturated carbocycles. The van der Waals surface area contributed by atoms with Gasteiger partial charge in [0.25, 0.3) is 5.91 Å². The lowest BCUT2D eigenvalue weighted by Gasteiger charge is -2.06. The summed E-state index contributed by atoms with van der Waals surface area (Å²) in [5.74, 6) is -0.437. The lowest BCUT2D eigenvalue weighted by atomic mass is 10.2. The Morgan fingerprint density at radius 2 is 1.88 bits per heavy atom. The van der Waals surface area contributed by atoms with E-state index < -0.39 is 12.0 Å². The molecule has 92 valence electrons. The van der Waals surface area contributed by atoms with Crippen LogP contribution in [0, 0.1) is 0 Å². The number of halogens is 2. The second-order valence-electron chi connectivity index (χ2n) is 2.85. The van der Waals surface area contributed by atoms with E-state index in [0.29, 0.717) is 0 Å². The lowest BCUT2D eigenvalue weighted by Crippen LogP contribution is -2.37. The van der Waals surface area contributed by atoms with E-state index in [1.54, 1.807) is 0 Å². The summed E-state index contributed by atoms with van der Waals surface area (Å²) in [6.45, 7) is -0.0664. The molecule has 6 nitrogen and oxygen atoms in total. The van der Waals surface area contributed by atoms with Crippen molar-refractivity contribution in [2.45, 2.75) is 0 Å². The molecule has 0 aliphatic rings. The summed E-state index contributed by atoms with van der Waals surface area (Å²) in [4.78, 5) is 26.0. The van der Waals surface area contributed by atoms with Crippen LogP contribution < -0.4 is 10.6 Å². The quantitative estimate of drug-likeness (QED) is 0.647. The summed E-state index contributed by atoms with van der Waals surface area (Å²) < 4.78 is 4.32. The van der Waals surface area contributed by atoms with Gasteiger partial charge in [-0.1, -0.05) is 23.2 Å². The average Bonchev–Trinajstić information content (AvgIpc) is 2.27. The Morgan fingerprint density at radius 1 is 1.29 bits per heavy atom. The van der Waals surface area contributed by atoms with Crippen molar-refractivity contribution in [2.24, 2.45) is 0 Å². The van der Waals surface area contributed by atoms with E-state index in [9.17, 15) is 9.59 Å². The number of methoxy groups -OCH3 is 1. The molecule has 1 aromatic heterocycles. The smallest absolute Gasteiger partial charge is 0.408 e. The SMILES string of the molecule is COC(=O)NCNC(=O)c1cc(Cl)nc(Cl)c1. The number of rotatable bonds is 3. The van der Waals surface area contributed by atoms with Crippen molar-refractivity contribution in [3.05, 3.63) is 28.0 Å². The van der Waals surface area contributed by atoms with Crippen LogP contribution >= 0.6 is 23.2 Å². The number of hydrogen-bond donors (Lipinski definition) is 2. The first-order valence-corrected chi connectivity index (χ1v) is 5.21. The van der Waals surface area contributed by atoms with Crippen molar-refractivity contribution in [1.29, 1.82) is 0 Å². The molecular formula is C9H9Cl2N3O3. The van der Waals surface area contributed by atoms with Crippen LogP contribution in [-0.4, -0.2) is 30.8 Å². The summed E-state index contributed by atoms with van der Waals surface area (Å²) in [6.07, 6.45) is -0.643. The highest BCUT2D eigenvalue weighted by Gasteiger charge is 2.08. The number of hydrogen-bond acceptors (Lipinski definition) is 4. The highest BCUT2D eigenvalue weighted by molar-refractivity contribution is 6.33. The van der Waals surface area contributed by atoms with Crippen LogP contribution in [0.15, 0.2) is 12.1 Å². The number of alkyl carbamates (subject to hydrolysis) is 1. The van der Waals surface area contributed by atoms with E-state index in [-0.39, 0.29) is 22.5 Å². The predicted molar refractivity (Wildman–Crippen MR) is 62.1 cm³/mol. The number of carbonyl (C=O) groups excluding carboxylic acids is 2. The highest BCUT2D eigenvalue weighted by Crippen LogP contribution is 2.14. The van der Waals surface area contributed by atoms with Crippen molar-refractivity contribution >= 4 is 35.2 Å². The lowest BCUT2D eigenvalue weighted by molar-refractivity contribution is 0.0949. The molecule has 0 aliphatic heterocycles. The van der Waals surface area contributed by atoms with Crippen LogP contribution in [0.2, 0.25) is 10.3 Å². The van der Waals surface area contributed by atoms with Gasteiger partial charge in [-0.2, -0.15) is 0 Å². The summed E-state index contributed by atoms with van der Waals surface area (Å²) in [7, 11) is 1.22. The normalized spacial score (nSPS) is 9.59. The molecule has 0 aromatic carbocycles. The summed E-state index contributed by atoms with van der Waals surface area (Å²) in [5.41, 5.74) is 0.252. The summed E-state index contributed by atoms with van der Waals surface area (Å²) in [5, 5.41) is 4.94. The fraction of sp³-hybridized carbons (Fsp3) is 0.222. The van der Waals surface area contributed by atoms with Crippen LogP contribution in [0.5, 0.6) is 0 Å². The number of nitrogens with one attached hydrogen (secondary N) is 2. The fourth-order valence-corrected chi connectivity index (χ4v) is 1.43. The van der Waals surface area contributed by atoms with Crippen molar-refractivity contribution in [1.82, 2.24) is 15.6 Å². The van der Waals surface area contributed by atoms with Crippen LogP contribution in [0.3, 0.4) is 0 Å². The Kier molecular flexibility index (Phi) is 4.99. The number of ether oxygens (including phenoxy) is 1. The first-order valence-electron chi connectivity index (χ1n) is 4.46. The molecular weight excluding hydrogens is 269 g/mol. The molecule has 17 heavy (non-hydrogen) atoms. The maximum Gasteiger partial charge on any atom is 0.408 e. The first-order chi connectivity index (χ1) is 8.02. The van der Waals surface area contributed by atoms with E-state index in [1.165, 1.54) is 19.2 Å². The number of pyridine rings is 1. The minimum absolute atomic E-state index is 0.0664. The molecule has 0 radical (unpaired) electrons. The van der Waals surface area contributed by atoms with Gasteiger partial charge in [0.05, 0.1) is 13.8 Å². The van der Waals surface area contributed by atoms with Gasteiger partial charge in [-0.25, -0.2) is 9.78 Å². The van der Waals surface area contributed by atoms with Gasteiger partial charge < -0.3 is 15.4 Å². The highest BCUT2D eigenvalue weighted by atomic mass is 35.5. The standard InChI is InChI=1S/C9H9Cl2N3O3/c1-17-9(16)13-4-12-8(15)5-2-6(10)14-7(11)3-5/h2-3H,4H2,1H3,(H,12,15)(H,13,16). The largest absolute Gasteiger partial charge is 0.453 e. The molecule has 0 bridgehead atoms. The van der Waals surface area contributed by atoms with Gasteiger partial charge in [0.1, 0.15) is 10.3 Å². The Morgan fingerprint density at radius 3 is 2.41 bits per heavy atom. The van der Waals surface area contributed by atoms with Crippen molar-refractivity contribution in [2.75, 3.05) is 13.8 Å². The third-order valence-corrected chi connectivity index (χ3v) is 2.08. The maximum atomic E-state index is 11.6. The molecule has 1 aromatic rings. The molecule has 0 unspecified atom stereocenters. The molecule has 0 fully saturated rings. The molecule has 8 heteroatoms. The Bertz CT molecular complexity index is 419. The number of aromatic nitrogens is 1. The van der Waals surface area contributed by atoms with Gasteiger partial charge in [-0.15, -0.1) is 0 Å². The van der Waals surface area contributed by atoms with Gasteiger partial charge in [-0.05, 0) is 12.1 Å². The Labute approximate surface area is 107 Å². The van der Waals surface area contributed by atoms with E-state index in [2.05, 4.69) is 20.4 Å². The zero-order valence-corrected chi connectivity index (χ0v) is 10.3. The van der Waals surface area contributed by atoms with Crippen LogP contribution in [-0.2, 0) is 4.74 Å². The molecule has 0 aliphatic carbocycles. The number of amides is 2. The third kappa shape index (κ3) is 4.46. The van der Waals surface area contributed by atoms with E-state index in [1.807, 2.05) is 0 Å². The summed E-state index contributed by atoms with van der Waals surface area (Å²) in [6, 6.07) is 2.72. The monoisotopic (exact) mass is 277 g/mol. The van der Waals surface area contributed by atoms with Crippen LogP contribution in [0.1, 0.15) is 10.4 Å². The Hall–Kier alpha value is -1.53. The minimum Gasteiger partial charge on any atom is -0.453 e. The zero-order chi connectivity index (χ0) is 12.8. The third-order valence-electron chi connectivity index (χ3n) is 1.69. The first kappa shape index (κ1) is 13.5. The van der Waals surface area contributed by atoms with Crippen molar-refractivity contribution < 1.29 is 14.3 Å². The molecule has 0 spiro atoms. The second-order valence-corrected chi connectivity index (χ2v) is 3.63. The van der Waals surface area contributed by atoms with E-state index >= 15 is 0 Å². The molecule has 1 heterocycles. The van der Waals surface area contributed by atoms with Crippen LogP contribution in [0.25, 0.3) is 0 Å². The molecule has 2 amide bonds. The average molecular weight is 278 g/mol. The van der Waals surface area contributed by atoms with E-state index in [0.717, 1.165) is 0 Å². The number of nitrogens with zero attached hydrogens (tertiary/aromatic N) is 1. The van der Waals surface area contributed by atoms with Gasteiger partial charge in [0.15, 0.2) is 0 Å². The van der Waals surface area contributed by atoms with Gasteiger partial charge in [0.2, 0.25) is 0 Å². The Balaban J connectivity index is 2.55. The molecule has 0 atom stereocenters. The van der Waals surface area contributed by atoms with Crippen molar-refractivity contribution in [3.8, 4) is 0 Å². The van der Waals surface area contributed by atoms with E-state index in [4.69, 9.17) is 23.2 Å². The molecule has 0 saturated heterocycles. The number of carbonyl (C=O) groups is 2.